The van der Waals surface area contributed by atoms with Crippen molar-refractivity contribution < 1.29 is 9.90 Å². The molecule has 0 radical (unpaired) electrons. The molecule has 0 bridgehead atoms. The number of fused-ring (bicyclic) bond motifs is 1. The van der Waals surface area contributed by atoms with E-state index in [0.717, 1.165) is 23.3 Å². The second kappa shape index (κ2) is 7.33. The van der Waals surface area contributed by atoms with Gasteiger partial charge in [-0.25, -0.2) is 4.98 Å². The van der Waals surface area contributed by atoms with E-state index in [9.17, 15) is 9.59 Å². The van der Waals surface area contributed by atoms with Gasteiger partial charge in [0.2, 0.25) is 0 Å². The summed E-state index contributed by atoms with van der Waals surface area (Å²) in [4.78, 5) is 28.5. The molecule has 0 fully saturated rings. The first-order chi connectivity index (χ1) is 10.0. The summed E-state index contributed by atoms with van der Waals surface area (Å²) in [5, 5.41) is 11.8. The molecule has 21 heavy (non-hydrogen) atoms. The number of nitrogens with zero attached hydrogens (tertiary/aromatic N) is 2. The van der Waals surface area contributed by atoms with Crippen LogP contribution in [-0.2, 0) is 4.79 Å². The predicted octanol–water partition coefficient (Wildman–Crippen LogP) is 2.95. The quantitative estimate of drug-likeness (QED) is 0.615. The van der Waals surface area contributed by atoms with E-state index in [2.05, 4.69) is 11.9 Å². The van der Waals surface area contributed by atoms with Gasteiger partial charge in [0.25, 0.3) is 5.56 Å². The highest BCUT2D eigenvalue weighted by Gasteiger charge is 2.17. The molecule has 2 aromatic heterocycles. The van der Waals surface area contributed by atoms with E-state index in [-0.39, 0.29) is 17.4 Å². The predicted molar refractivity (Wildman–Crippen MR) is 89.9 cm³/mol. The number of carboxylic acids is 1. The van der Waals surface area contributed by atoms with Gasteiger partial charge in [0.05, 0.1) is 11.1 Å². The molecule has 0 amide bonds. The van der Waals surface area contributed by atoms with Crippen molar-refractivity contribution in [2.75, 3.05) is 17.3 Å². The Morgan fingerprint density at radius 3 is 3.00 bits per heavy atom. The maximum Gasteiger partial charge on any atom is 0.313 e. The summed E-state index contributed by atoms with van der Waals surface area (Å²) in [5.41, 5.74) is -0.0849. The van der Waals surface area contributed by atoms with Gasteiger partial charge in [-0.15, -0.1) is 11.3 Å². The molecule has 0 aliphatic rings. The van der Waals surface area contributed by atoms with E-state index in [1.807, 2.05) is 12.3 Å². The van der Waals surface area contributed by atoms with Crippen LogP contribution in [0.5, 0.6) is 0 Å². The smallest absolute Gasteiger partial charge is 0.313 e. The highest BCUT2D eigenvalue weighted by Crippen LogP contribution is 2.24. The van der Waals surface area contributed by atoms with Crippen molar-refractivity contribution in [1.29, 1.82) is 0 Å². The van der Waals surface area contributed by atoms with Crippen LogP contribution in [0.1, 0.15) is 19.9 Å². The Hall–Kier alpha value is -0.990. The Bertz CT molecular complexity index is 696. The van der Waals surface area contributed by atoms with Crippen molar-refractivity contribution in [1.82, 2.24) is 9.55 Å². The third kappa shape index (κ3) is 3.81. The lowest BCUT2D eigenvalue weighted by molar-refractivity contribution is -0.133. The van der Waals surface area contributed by atoms with Crippen molar-refractivity contribution in [3.8, 4) is 0 Å². The minimum absolute atomic E-state index is 0.0180. The van der Waals surface area contributed by atoms with Crippen LogP contribution in [0, 0.1) is 0 Å². The summed E-state index contributed by atoms with van der Waals surface area (Å²) in [6, 6.07) is 1.76. The Balaban J connectivity index is 2.46. The van der Waals surface area contributed by atoms with Crippen molar-refractivity contribution in [3.63, 3.8) is 0 Å². The first-order valence-electron chi connectivity index (χ1n) is 6.46. The zero-order valence-corrected chi connectivity index (χ0v) is 14.2. The summed E-state index contributed by atoms with van der Waals surface area (Å²) in [5.74, 6) is 0.763. The molecule has 0 saturated heterocycles. The second-order valence-corrected chi connectivity index (χ2v) is 7.56. The molecule has 2 rings (SSSR count). The standard InChI is InChI=1S/C13H16N2O3S3/c1-3-19-6-8(2)15-12(18)9-4-5-20-11(9)14-13(15)21-7-10(16)17/h4-5,8H,3,6-7H2,1-2H3,(H,16,17). The van der Waals surface area contributed by atoms with E-state index in [4.69, 9.17) is 5.11 Å². The van der Waals surface area contributed by atoms with E-state index in [0.29, 0.717) is 15.4 Å². The van der Waals surface area contributed by atoms with Gasteiger partial charge in [-0.1, -0.05) is 18.7 Å². The molecular weight excluding hydrogens is 328 g/mol. The first-order valence-corrected chi connectivity index (χ1v) is 9.48. The van der Waals surface area contributed by atoms with Gasteiger partial charge in [-0.2, -0.15) is 11.8 Å². The molecule has 0 aromatic carbocycles. The molecule has 0 aliphatic heterocycles. The van der Waals surface area contributed by atoms with Gasteiger partial charge in [0.1, 0.15) is 4.83 Å². The van der Waals surface area contributed by atoms with Gasteiger partial charge >= 0.3 is 5.97 Å². The lowest BCUT2D eigenvalue weighted by Gasteiger charge is -2.18. The first kappa shape index (κ1) is 16.4. The molecule has 5 nitrogen and oxygen atoms in total. The monoisotopic (exact) mass is 344 g/mol. The van der Waals surface area contributed by atoms with Crippen LogP contribution >= 0.6 is 34.9 Å². The molecule has 114 valence electrons. The van der Waals surface area contributed by atoms with Crippen molar-refractivity contribution >= 4 is 51.0 Å². The van der Waals surface area contributed by atoms with Gasteiger partial charge in [-0.05, 0) is 24.1 Å². The summed E-state index contributed by atoms with van der Waals surface area (Å²) >= 11 is 4.25. The van der Waals surface area contributed by atoms with Crippen LogP contribution in [0.2, 0.25) is 0 Å². The number of carbonyl (C=O) groups is 1. The molecule has 0 saturated carbocycles. The third-order valence-corrected chi connectivity index (χ3v) is 5.70. The molecule has 1 N–H and O–H groups in total. The van der Waals surface area contributed by atoms with E-state index >= 15 is 0 Å². The molecule has 1 unspecified atom stereocenters. The minimum atomic E-state index is -0.914. The van der Waals surface area contributed by atoms with Crippen LogP contribution < -0.4 is 5.56 Å². The maximum atomic E-state index is 12.6. The van der Waals surface area contributed by atoms with Crippen LogP contribution in [0.4, 0.5) is 0 Å². The average molecular weight is 344 g/mol. The summed E-state index contributed by atoms with van der Waals surface area (Å²) in [7, 11) is 0. The fourth-order valence-electron chi connectivity index (χ4n) is 1.89. The highest BCUT2D eigenvalue weighted by atomic mass is 32.2. The number of thioether (sulfide) groups is 2. The SMILES string of the molecule is CCSCC(C)n1c(SCC(=O)O)nc2sccc2c1=O. The Kier molecular flexibility index (Phi) is 5.72. The number of hydrogen-bond donors (Lipinski definition) is 1. The molecule has 1 atom stereocenters. The minimum Gasteiger partial charge on any atom is -0.481 e. The van der Waals surface area contributed by atoms with Crippen molar-refractivity contribution in [3.05, 3.63) is 21.8 Å². The molecule has 2 aromatic rings. The number of aliphatic carboxylic acids is 1. The number of thiophene rings is 1. The lowest BCUT2D eigenvalue weighted by Crippen LogP contribution is -2.27. The van der Waals surface area contributed by atoms with Crippen molar-refractivity contribution in [2.45, 2.75) is 25.0 Å². The van der Waals surface area contributed by atoms with Crippen LogP contribution in [0.25, 0.3) is 10.2 Å². The number of carboxylic acid groups (broad SMARTS) is 1. The molecular formula is C13H16N2O3S3. The summed E-state index contributed by atoms with van der Waals surface area (Å²) < 4.78 is 1.63. The maximum absolute atomic E-state index is 12.6. The average Bonchev–Trinajstić information content (AvgIpc) is 2.91. The van der Waals surface area contributed by atoms with Gasteiger partial charge in [-0.3, -0.25) is 14.2 Å². The molecule has 2 heterocycles. The summed E-state index contributed by atoms with van der Waals surface area (Å²) in [6.45, 7) is 4.04. The van der Waals surface area contributed by atoms with E-state index < -0.39 is 5.97 Å². The molecule has 0 aliphatic carbocycles. The van der Waals surface area contributed by atoms with Crippen molar-refractivity contribution in [2.24, 2.45) is 0 Å². The van der Waals surface area contributed by atoms with Gasteiger partial charge in [0, 0.05) is 11.8 Å². The normalized spacial score (nSPS) is 12.7. The fraction of sp³-hybridized carbons (Fsp3) is 0.462. The van der Waals surface area contributed by atoms with Gasteiger partial charge < -0.3 is 5.11 Å². The zero-order valence-electron chi connectivity index (χ0n) is 11.7. The van der Waals surface area contributed by atoms with E-state index in [1.165, 1.54) is 11.3 Å². The van der Waals surface area contributed by atoms with Crippen LogP contribution in [0.15, 0.2) is 21.4 Å². The fourth-order valence-corrected chi connectivity index (χ4v) is 4.24. The Morgan fingerprint density at radius 1 is 1.57 bits per heavy atom. The molecule has 0 spiro atoms. The van der Waals surface area contributed by atoms with Crippen LogP contribution in [0.3, 0.4) is 0 Å². The largest absolute Gasteiger partial charge is 0.481 e. The second-order valence-electron chi connectivity index (χ2n) is 4.40. The zero-order chi connectivity index (χ0) is 15.4. The Morgan fingerprint density at radius 2 is 2.33 bits per heavy atom. The highest BCUT2D eigenvalue weighted by molar-refractivity contribution is 7.99. The lowest BCUT2D eigenvalue weighted by atomic mass is 10.3. The summed E-state index contributed by atoms with van der Waals surface area (Å²) in [6.07, 6.45) is 0. The number of rotatable bonds is 7. The van der Waals surface area contributed by atoms with E-state index in [1.54, 1.807) is 22.4 Å². The third-order valence-electron chi connectivity index (χ3n) is 2.83. The Labute approximate surface area is 134 Å². The van der Waals surface area contributed by atoms with Gasteiger partial charge in [0.15, 0.2) is 5.16 Å². The number of hydrogen-bond acceptors (Lipinski definition) is 6. The number of aromatic nitrogens is 2. The molecule has 8 heteroatoms. The topological polar surface area (TPSA) is 72.2 Å². The van der Waals surface area contributed by atoms with Crippen LogP contribution in [-0.4, -0.2) is 37.9 Å².